The Balaban J connectivity index is 1.61. The summed E-state index contributed by atoms with van der Waals surface area (Å²) >= 11 is 1.99. The highest BCUT2D eigenvalue weighted by molar-refractivity contribution is 14.1. The predicted octanol–water partition coefficient (Wildman–Crippen LogP) is 5.34. The van der Waals surface area contributed by atoms with Crippen molar-refractivity contribution < 1.29 is 27.8 Å². The Labute approximate surface area is 209 Å². The highest BCUT2D eigenvalue weighted by Crippen LogP contribution is 2.31. The van der Waals surface area contributed by atoms with E-state index in [1.165, 1.54) is 6.07 Å². The van der Waals surface area contributed by atoms with E-state index in [0.29, 0.717) is 29.9 Å². The van der Waals surface area contributed by atoms with Crippen molar-refractivity contribution in [1.29, 1.82) is 0 Å². The second kappa shape index (κ2) is 10.6. The number of Topliss-reactive ketones (excluding diaryl/α,β-unsaturated/α-hetero) is 1. The largest absolute Gasteiger partial charge is 0.456 e. The first-order valence-electron chi connectivity index (χ1n) is 10.8. The Bertz CT molecular complexity index is 1240. The minimum Gasteiger partial charge on any atom is -0.456 e. The molecular weight excluding hydrogens is 555 g/mol. The summed E-state index contributed by atoms with van der Waals surface area (Å²) in [7, 11) is 0. The second-order valence-electron chi connectivity index (χ2n) is 8.11. The number of carbonyl (C=O) groups is 2. The number of carbonyl (C=O) groups excluding carboxylic acids is 2. The third kappa shape index (κ3) is 5.79. The Morgan fingerprint density at radius 1 is 1.09 bits per heavy atom. The molecule has 1 fully saturated rings. The number of hydrogen-bond acceptors (Lipinski definition) is 4. The normalized spacial score (nSPS) is 15.3. The molecule has 1 saturated heterocycles. The fourth-order valence-corrected chi connectivity index (χ4v) is 4.45. The molecular formula is C26H22F2INO4. The molecule has 0 radical (unpaired) electrons. The van der Waals surface area contributed by atoms with Crippen LogP contribution in [0.2, 0.25) is 0 Å². The van der Waals surface area contributed by atoms with Crippen molar-refractivity contribution in [3.8, 4) is 11.5 Å². The van der Waals surface area contributed by atoms with Crippen molar-refractivity contribution in [2.24, 2.45) is 5.73 Å². The molecule has 3 aromatic rings. The zero-order valence-electron chi connectivity index (χ0n) is 18.2. The van der Waals surface area contributed by atoms with Gasteiger partial charge in [-0.2, -0.15) is 0 Å². The van der Waals surface area contributed by atoms with Crippen molar-refractivity contribution >= 4 is 34.3 Å². The van der Waals surface area contributed by atoms with E-state index in [-0.39, 0.29) is 35.5 Å². The molecule has 1 heterocycles. The summed E-state index contributed by atoms with van der Waals surface area (Å²) in [5.74, 6) is -1.70. The molecule has 34 heavy (non-hydrogen) atoms. The van der Waals surface area contributed by atoms with E-state index in [0.717, 1.165) is 22.1 Å². The molecule has 3 aromatic carbocycles. The number of halogens is 3. The number of primary amides is 1. The summed E-state index contributed by atoms with van der Waals surface area (Å²) in [6, 6.07) is 13.7. The summed E-state index contributed by atoms with van der Waals surface area (Å²) in [6.45, 7) is 0.587. The van der Waals surface area contributed by atoms with Gasteiger partial charge in [0.25, 0.3) is 5.91 Å². The number of hydrogen-bond donors (Lipinski definition) is 1. The van der Waals surface area contributed by atoms with Crippen LogP contribution in [0.15, 0.2) is 54.6 Å². The van der Waals surface area contributed by atoms with Gasteiger partial charge in [0.2, 0.25) is 0 Å². The van der Waals surface area contributed by atoms with Gasteiger partial charge in [0.15, 0.2) is 5.78 Å². The monoisotopic (exact) mass is 577 g/mol. The Hall–Kier alpha value is -2.85. The van der Waals surface area contributed by atoms with E-state index < -0.39 is 23.6 Å². The lowest BCUT2D eigenvalue weighted by atomic mass is 9.98. The lowest BCUT2D eigenvalue weighted by Gasteiger charge is -2.15. The molecule has 0 aromatic heterocycles. The lowest BCUT2D eigenvalue weighted by Crippen LogP contribution is -2.21. The molecule has 4 rings (SSSR count). The van der Waals surface area contributed by atoms with E-state index in [2.05, 4.69) is 0 Å². The molecule has 0 saturated carbocycles. The molecule has 1 amide bonds. The summed E-state index contributed by atoms with van der Waals surface area (Å²) in [5.41, 5.74) is 6.80. The molecule has 8 heteroatoms. The standard InChI is InChI=1S/C26H22F2INO4/c27-18-12-17(11-16-6-7-19(29)14-21(16)28)25(26(30)32)24(13-18)34-20-4-1-3-15(9-20)10-22(31)23-5-2-8-33-23/h1,3-4,6-7,9,12-14,23H,2,5,8,10-11H2,(H2,30,32). The van der Waals surface area contributed by atoms with Crippen LogP contribution in [0.4, 0.5) is 8.78 Å². The number of amides is 1. The van der Waals surface area contributed by atoms with Gasteiger partial charge >= 0.3 is 0 Å². The highest BCUT2D eigenvalue weighted by Gasteiger charge is 2.24. The van der Waals surface area contributed by atoms with Gasteiger partial charge < -0.3 is 15.2 Å². The minimum absolute atomic E-state index is 0.0138. The van der Waals surface area contributed by atoms with Gasteiger partial charge in [-0.25, -0.2) is 8.78 Å². The maximum absolute atomic E-state index is 14.5. The number of ketones is 1. The van der Waals surface area contributed by atoms with Crippen molar-refractivity contribution in [1.82, 2.24) is 0 Å². The van der Waals surface area contributed by atoms with Gasteiger partial charge in [0.05, 0.1) is 5.56 Å². The molecule has 0 bridgehead atoms. The average Bonchev–Trinajstić information content (AvgIpc) is 3.31. The van der Waals surface area contributed by atoms with Crippen LogP contribution in [-0.4, -0.2) is 24.4 Å². The molecule has 1 aliphatic rings. The van der Waals surface area contributed by atoms with Crippen LogP contribution in [0.3, 0.4) is 0 Å². The first kappa shape index (κ1) is 24.3. The molecule has 5 nitrogen and oxygen atoms in total. The van der Waals surface area contributed by atoms with Crippen molar-refractivity contribution in [2.75, 3.05) is 6.61 Å². The van der Waals surface area contributed by atoms with Gasteiger partial charge in [0, 0.05) is 29.1 Å². The zero-order chi connectivity index (χ0) is 24.2. The Morgan fingerprint density at radius 3 is 2.62 bits per heavy atom. The van der Waals surface area contributed by atoms with E-state index in [1.54, 1.807) is 36.4 Å². The minimum atomic E-state index is -0.819. The molecule has 1 atom stereocenters. The van der Waals surface area contributed by atoms with Crippen LogP contribution in [0.25, 0.3) is 0 Å². The second-order valence-corrected chi connectivity index (χ2v) is 9.35. The first-order chi connectivity index (χ1) is 16.3. The van der Waals surface area contributed by atoms with Crippen molar-refractivity contribution in [3.63, 3.8) is 0 Å². The molecule has 2 N–H and O–H groups in total. The molecule has 176 valence electrons. The topological polar surface area (TPSA) is 78.6 Å². The lowest BCUT2D eigenvalue weighted by molar-refractivity contribution is -0.127. The third-order valence-electron chi connectivity index (χ3n) is 5.58. The molecule has 0 aliphatic carbocycles. The quantitative estimate of drug-likeness (QED) is 0.367. The number of nitrogens with two attached hydrogens (primary N) is 1. The first-order valence-corrected chi connectivity index (χ1v) is 11.9. The average molecular weight is 577 g/mol. The summed E-state index contributed by atoms with van der Waals surface area (Å²) in [6.07, 6.45) is 1.32. The fraction of sp³-hybridized carbons (Fsp3) is 0.231. The maximum atomic E-state index is 14.5. The van der Waals surface area contributed by atoms with Crippen LogP contribution >= 0.6 is 22.6 Å². The molecule has 1 aliphatic heterocycles. The maximum Gasteiger partial charge on any atom is 0.252 e. The van der Waals surface area contributed by atoms with Crippen LogP contribution in [0, 0.1) is 15.2 Å². The van der Waals surface area contributed by atoms with Crippen LogP contribution in [-0.2, 0) is 22.4 Å². The summed E-state index contributed by atoms with van der Waals surface area (Å²) < 4.78 is 40.9. The van der Waals surface area contributed by atoms with Gasteiger partial charge in [-0.15, -0.1) is 0 Å². The van der Waals surface area contributed by atoms with Gasteiger partial charge in [-0.1, -0.05) is 18.2 Å². The Morgan fingerprint density at radius 2 is 1.91 bits per heavy atom. The van der Waals surface area contributed by atoms with Gasteiger partial charge in [-0.3, -0.25) is 9.59 Å². The van der Waals surface area contributed by atoms with Crippen molar-refractivity contribution in [3.05, 3.63) is 92.1 Å². The van der Waals surface area contributed by atoms with Crippen LogP contribution in [0.5, 0.6) is 11.5 Å². The SMILES string of the molecule is NC(=O)c1c(Cc2ccc(I)cc2F)cc(F)cc1Oc1cccc(CC(=O)C2CCCO2)c1. The summed E-state index contributed by atoms with van der Waals surface area (Å²) in [4.78, 5) is 24.7. The predicted molar refractivity (Wildman–Crippen MR) is 131 cm³/mol. The summed E-state index contributed by atoms with van der Waals surface area (Å²) in [5, 5.41) is 0. The van der Waals surface area contributed by atoms with E-state index in [9.17, 15) is 18.4 Å². The van der Waals surface area contributed by atoms with E-state index >= 15 is 0 Å². The smallest absolute Gasteiger partial charge is 0.252 e. The van der Waals surface area contributed by atoms with Gasteiger partial charge in [0.1, 0.15) is 29.2 Å². The molecule has 0 spiro atoms. The van der Waals surface area contributed by atoms with Gasteiger partial charge in [-0.05, 0) is 82.5 Å². The number of ether oxygens (including phenoxy) is 2. The fourth-order valence-electron chi connectivity index (χ4n) is 4.00. The van der Waals surface area contributed by atoms with Crippen LogP contribution < -0.4 is 10.5 Å². The van der Waals surface area contributed by atoms with E-state index in [1.807, 2.05) is 22.6 Å². The number of benzene rings is 3. The highest BCUT2D eigenvalue weighted by atomic mass is 127. The van der Waals surface area contributed by atoms with Crippen molar-refractivity contribution in [2.45, 2.75) is 31.8 Å². The zero-order valence-corrected chi connectivity index (χ0v) is 20.3. The molecule has 1 unspecified atom stereocenters. The number of rotatable bonds is 8. The Kier molecular flexibility index (Phi) is 7.57. The van der Waals surface area contributed by atoms with E-state index in [4.69, 9.17) is 15.2 Å². The van der Waals surface area contributed by atoms with Crippen LogP contribution in [0.1, 0.15) is 39.9 Å². The third-order valence-corrected chi connectivity index (χ3v) is 6.26.